The molecule has 0 amide bonds. The summed E-state index contributed by atoms with van der Waals surface area (Å²) in [5, 5.41) is 8.33. The maximum atomic E-state index is 10.8. The Kier molecular flexibility index (Phi) is 7.70. The molecule has 1 N–H and O–H groups in total. The molecule has 3 nitrogen and oxygen atoms in total. The van der Waals surface area contributed by atoms with Crippen molar-refractivity contribution in [1.82, 2.24) is 0 Å². The lowest BCUT2D eigenvalue weighted by Crippen LogP contribution is -2.07. The molecule has 70 valence electrons. The van der Waals surface area contributed by atoms with Crippen molar-refractivity contribution >= 4 is 5.97 Å². The van der Waals surface area contributed by atoms with Crippen LogP contribution < -0.4 is 0 Å². The Bertz CT molecular complexity index is 141. The summed E-state index contributed by atoms with van der Waals surface area (Å²) in [6.45, 7) is 2.05. The number of carbonyl (C=O) groups excluding carboxylic acids is 1. The first-order valence-electron chi connectivity index (χ1n) is 4.22. The maximum Gasteiger partial charge on any atom is 0.306 e. The van der Waals surface area contributed by atoms with Gasteiger partial charge in [-0.25, -0.2) is 0 Å². The first kappa shape index (κ1) is 11.2. The van der Waals surface area contributed by atoms with Crippen LogP contribution in [-0.2, 0) is 9.53 Å². The van der Waals surface area contributed by atoms with E-state index >= 15 is 0 Å². The molecule has 0 heterocycles. The Labute approximate surface area is 73.0 Å². The minimum absolute atomic E-state index is 0.101. The zero-order valence-corrected chi connectivity index (χ0v) is 7.45. The van der Waals surface area contributed by atoms with E-state index in [-0.39, 0.29) is 19.2 Å². The highest BCUT2D eigenvalue weighted by Crippen LogP contribution is 1.95. The van der Waals surface area contributed by atoms with Gasteiger partial charge in [-0.2, -0.15) is 0 Å². The highest BCUT2D eigenvalue weighted by molar-refractivity contribution is 5.69. The zero-order chi connectivity index (χ0) is 9.23. The molecule has 0 rings (SSSR count). The fraction of sp³-hybridized carbons (Fsp3) is 0.667. The lowest BCUT2D eigenvalue weighted by Gasteiger charge is -1.99. The molecule has 0 saturated carbocycles. The first-order valence-corrected chi connectivity index (χ1v) is 4.22. The highest BCUT2D eigenvalue weighted by atomic mass is 16.5. The summed E-state index contributed by atoms with van der Waals surface area (Å²) < 4.78 is 4.65. The summed E-state index contributed by atoms with van der Waals surface area (Å²) in [6, 6.07) is 0. The number of carbonyl (C=O) groups is 1. The van der Waals surface area contributed by atoms with Crippen LogP contribution in [0, 0.1) is 0 Å². The van der Waals surface area contributed by atoms with Gasteiger partial charge in [0.25, 0.3) is 0 Å². The molecule has 0 unspecified atom stereocenters. The molecule has 0 radical (unpaired) electrons. The molecule has 0 aromatic rings. The topological polar surface area (TPSA) is 46.5 Å². The molecule has 0 fully saturated rings. The minimum atomic E-state index is -0.246. The van der Waals surface area contributed by atoms with Crippen molar-refractivity contribution in [1.29, 1.82) is 0 Å². The fourth-order valence-corrected chi connectivity index (χ4v) is 0.717. The van der Waals surface area contributed by atoms with Gasteiger partial charge >= 0.3 is 5.97 Å². The molecular weight excluding hydrogens is 156 g/mol. The summed E-state index contributed by atoms with van der Waals surface area (Å²) >= 11 is 0. The molecule has 3 heteroatoms. The third-order valence-corrected chi connectivity index (χ3v) is 1.27. The Morgan fingerprint density at radius 2 is 2.25 bits per heavy atom. The lowest BCUT2D eigenvalue weighted by molar-refractivity contribution is -0.144. The number of aliphatic hydroxyl groups excluding tert-OH is 1. The Morgan fingerprint density at radius 3 is 2.83 bits per heavy atom. The van der Waals surface area contributed by atoms with Gasteiger partial charge in [0, 0.05) is 6.42 Å². The number of aliphatic hydroxyl groups is 1. The van der Waals surface area contributed by atoms with Gasteiger partial charge in [0.05, 0.1) is 6.61 Å². The zero-order valence-electron chi connectivity index (χ0n) is 7.45. The van der Waals surface area contributed by atoms with E-state index in [1.54, 1.807) is 0 Å². The van der Waals surface area contributed by atoms with Gasteiger partial charge in [-0.1, -0.05) is 19.1 Å². The molecule has 0 bridgehead atoms. The van der Waals surface area contributed by atoms with Gasteiger partial charge in [-0.05, 0) is 12.8 Å². The van der Waals surface area contributed by atoms with Crippen molar-refractivity contribution in [3.8, 4) is 0 Å². The first-order chi connectivity index (χ1) is 5.81. The molecule has 12 heavy (non-hydrogen) atoms. The number of ether oxygens (including phenoxy) is 1. The second-order valence-corrected chi connectivity index (χ2v) is 2.36. The molecule has 0 spiro atoms. The molecule has 0 atom stereocenters. The monoisotopic (exact) mass is 172 g/mol. The van der Waals surface area contributed by atoms with Gasteiger partial charge < -0.3 is 9.84 Å². The third kappa shape index (κ3) is 7.28. The van der Waals surface area contributed by atoms with Crippen LogP contribution in [0.2, 0.25) is 0 Å². The molecule has 0 aromatic carbocycles. The highest BCUT2D eigenvalue weighted by Gasteiger charge is 1.98. The summed E-state index contributed by atoms with van der Waals surface area (Å²) in [5.74, 6) is -0.246. The second-order valence-electron chi connectivity index (χ2n) is 2.36. The third-order valence-electron chi connectivity index (χ3n) is 1.27. The van der Waals surface area contributed by atoms with E-state index in [9.17, 15) is 4.79 Å². The van der Waals surface area contributed by atoms with Crippen molar-refractivity contribution in [2.24, 2.45) is 0 Å². The Morgan fingerprint density at radius 1 is 1.50 bits per heavy atom. The van der Waals surface area contributed by atoms with Crippen LogP contribution in [0.1, 0.15) is 26.2 Å². The van der Waals surface area contributed by atoms with Gasteiger partial charge in [0.15, 0.2) is 0 Å². The summed E-state index contributed by atoms with van der Waals surface area (Å²) in [6.07, 6.45) is 6.08. The van der Waals surface area contributed by atoms with Gasteiger partial charge in [0.2, 0.25) is 0 Å². The van der Waals surface area contributed by atoms with E-state index in [0.717, 1.165) is 12.8 Å². The predicted octanol–water partition coefficient (Wildman–Crippen LogP) is 1.27. The summed E-state index contributed by atoms with van der Waals surface area (Å²) in [7, 11) is 0. The second kappa shape index (κ2) is 8.27. The molecular formula is C9H16O3. The van der Waals surface area contributed by atoms with E-state index in [4.69, 9.17) is 5.11 Å². The molecule has 0 aliphatic rings. The maximum absolute atomic E-state index is 10.8. The van der Waals surface area contributed by atoms with Crippen LogP contribution in [-0.4, -0.2) is 24.3 Å². The SMILES string of the molecule is CCC=CCCC(=O)OCCO. The molecule has 0 aliphatic heterocycles. The average molecular weight is 172 g/mol. The normalized spacial score (nSPS) is 10.5. The number of hydrogen-bond acceptors (Lipinski definition) is 3. The number of esters is 1. The molecule has 0 saturated heterocycles. The van der Waals surface area contributed by atoms with Crippen LogP contribution >= 0.6 is 0 Å². The van der Waals surface area contributed by atoms with Crippen molar-refractivity contribution in [3.63, 3.8) is 0 Å². The van der Waals surface area contributed by atoms with E-state index in [2.05, 4.69) is 4.74 Å². The summed E-state index contributed by atoms with van der Waals surface area (Å²) in [4.78, 5) is 10.8. The quantitative estimate of drug-likeness (QED) is 0.484. The smallest absolute Gasteiger partial charge is 0.306 e. The van der Waals surface area contributed by atoms with Crippen molar-refractivity contribution in [2.75, 3.05) is 13.2 Å². The van der Waals surface area contributed by atoms with Gasteiger partial charge in [-0.15, -0.1) is 0 Å². The van der Waals surface area contributed by atoms with E-state index < -0.39 is 0 Å². The predicted molar refractivity (Wildman–Crippen MR) is 46.7 cm³/mol. The van der Waals surface area contributed by atoms with Crippen LogP contribution in [0.4, 0.5) is 0 Å². The van der Waals surface area contributed by atoms with Crippen LogP contribution in [0.15, 0.2) is 12.2 Å². The number of allylic oxidation sites excluding steroid dienone is 2. The van der Waals surface area contributed by atoms with Crippen LogP contribution in [0.3, 0.4) is 0 Å². The number of rotatable bonds is 6. The molecule has 0 aliphatic carbocycles. The van der Waals surface area contributed by atoms with Crippen LogP contribution in [0.5, 0.6) is 0 Å². The largest absolute Gasteiger partial charge is 0.463 e. The number of hydrogen-bond donors (Lipinski definition) is 1. The lowest BCUT2D eigenvalue weighted by atomic mass is 10.3. The Balaban J connectivity index is 3.25. The van der Waals surface area contributed by atoms with Crippen molar-refractivity contribution < 1.29 is 14.6 Å². The molecule has 0 aromatic heterocycles. The average Bonchev–Trinajstić information content (AvgIpc) is 2.09. The fourth-order valence-electron chi connectivity index (χ4n) is 0.717. The van der Waals surface area contributed by atoms with E-state index in [0.29, 0.717) is 6.42 Å². The standard InChI is InChI=1S/C9H16O3/c1-2-3-4-5-6-9(11)12-8-7-10/h3-4,10H,2,5-8H2,1H3. The van der Waals surface area contributed by atoms with Crippen LogP contribution in [0.25, 0.3) is 0 Å². The Hall–Kier alpha value is -0.830. The van der Waals surface area contributed by atoms with E-state index in [1.807, 2.05) is 19.1 Å². The minimum Gasteiger partial charge on any atom is -0.463 e. The van der Waals surface area contributed by atoms with E-state index in [1.165, 1.54) is 0 Å². The van der Waals surface area contributed by atoms with Crippen molar-refractivity contribution in [2.45, 2.75) is 26.2 Å². The summed E-state index contributed by atoms with van der Waals surface area (Å²) in [5.41, 5.74) is 0. The van der Waals surface area contributed by atoms with Gasteiger partial charge in [-0.3, -0.25) is 4.79 Å². The van der Waals surface area contributed by atoms with Gasteiger partial charge in [0.1, 0.15) is 6.61 Å². The van der Waals surface area contributed by atoms with Crippen molar-refractivity contribution in [3.05, 3.63) is 12.2 Å².